The smallest absolute Gasteiger partial charge is 0.318 e. The first-order valence-electron chi connectivity index (χ1n) is 4.04. The third kappa shape index (κ3) is 1.54. The minimum absolute atomic E-state index is 0.329. The van der Waals surface area contributed by atoms with Crippen molar-refractivity contribution in [1.82, 2.24) is 24.7 Å². The van der Waals surface area contributed by atoms with Crippen molar-refractivity contribution >= 4 is 0 Å². The highest BCUT2D eigenvalue weighted by Crippen LogP contribution is 2.08. The van der Waals surface area contributed by atoms with Gasteiger partial charge in [-0.1, -0.05) is 0 Å². The summed E-state index contributed by atoms with van der Waals surface area (Å²) in [6, 6.07) is 2.13. The van der Waals surface area contributed by atoms with Crippen molar-refractivity contribution in [2.75, 3.05) is 7.11 Å². The maximum atomic E-state index is 4.95. The van der Waals surface area contributed by atoms with Gasteiger partial charge in [-0.05, 0) is 6.92 Å². The molecule has 0 aliphatic rings. The Hall–Kier alpha value is -1.98. The Morgan fingerprint density at radius 1 is 1.36 bits per heavy atom. The summed E-state index contributed by atoms with van der Waals surface area (Å²) in [5.74, 6) is 0.645. The normalized spacial score (nSPS) is 10.1. The second kappa shape index (κ2) is 3.41. The Morgan fingerprint density at radius 2 is 2.21 bits per heavy atom. The van der Waals surface area contributed by atoms with Gasteiger partial charge in [-0.25, -0.2) is 14.6 Å². The molecule has 0 fully saturated rings. The third-order valence-corrected chi connectivity index (χ3v) is 1.66. The van der Waals surface area contributed by atoms with Gasteiger partial charge in [-0.2, -0.15) is 10.1 Å². The van der Waals surface area contributed by atoms with Crippen LogP contribution in [0.5, 0.6) is 6.01 Å². The fourth-order valence-corrected chi connectivity index (χ4v) is 1.06. The number of nitrogens with zero attached hydrogens (tertiary/aromatic N) is 5. The van der Waals surface area contributed by atoms with E-state index in [1.165, 1.54) is 13.4 Å². The highest BCUT2D eigenvalue weighted by molar-refractivity contribution is 5.24. The number of aromatic nitrogens is 5. The maximum Gasteiger partial charge on any atom is 0.318 e. The molecule has 14 heavy (non-hydrogen) atoms. The van der Waals surface area contributed by atoms with E-state index in [4.69, 9.17) is 4.74 Å². The summed E-state index contributed by atoms with van der Waals surface area (Å²) in [4.78, 5) is 12.0. The van der Waals surface area contributed by atoms with Crippen LogP contribution in [0.2, 0.25) is 0 Å². The number of hydrogen-bond donors (Lipinski definition) is 0. The van der Waals surface area contributed by atoms with E-state index in [9.17, 15) is 0 Å². The third-order valence-electron chi connectivity index (χ3n) is 1.66. The Balaban J connectivity index is 2.48. The molecule has 0 radical (unpaired) electrons. The van der Waals surface area contributed by atoms with Gasteiger partial charge < -0.3 is 4.74 Å². The topological polar surface area (TPSA) is 65.7 Å². The van der Waals surface area contributed by atoms with Crippen molar-refractivity contribution in [3.05, 3.63) is 24.4 Å². The minimum Gasteiger partial charge on any atom is -0.467 e. The average Bonchev–Trinajstić information content (AvgIpc) is 2.69. The van der Waals surface area contributed by atoms with Crippen molar-refractivity contribution in [2.24, 2.45) is 0 Å². The SMILES string of the molecule is COc1nc(C)cc(-n2cncn2)n1. The first-order valence-corrected chi connectivity index (χ1v) is 4.04. The van der Waals surface area contributed by atoms with E-state index < -0.39 is 0 Å². The fraction of sp³-hybridized carbons (Fsp3) is 0.250. The Kier molecular flexibility index (Phi) is 2.10. The average molecular weight is 191 g/mol. The zero-order valence-corrected chi connectivity index (χ0v) is 7.88. The van der Waals surface area contributed by atoms with Crippen LogP contribution in [-0.4, -0.2) is 31.8 Å². The largest absolute Gasteiger partial charge is 0.467 e. The minimum atomic E-state index is 0.329. The number of aryl methyl sites for hydroxylation is 1. The summed E-state index contributed by atoms with van der Waals surface area (Å²) in [6.07, 6.45) is 3.02. The molecule has 2 aromatic heterocycles. The number of methoxy groups -OCH3 is 1. The molecule has 0 unspecified atom stereocenters. The van der Waals surface area contributed by atoms with Gasteiger partial charge in [0.25, 0.3) is 0 Å². The van der Waals surface area contributed by atoms with E-state index >= 15 is 0 Å². The quantitative estimate of drug-likeness (QED) is 0.686. The van der Waals surface area contributed by atoms with Gasteiger partial charge in [0, 0.05) is 11.8 Å². The summed E-state index contributed by atoms with van der Waals surface area (Å²) in [5, 5.41) is 3.96. The molecule has 0 saturated carbocycles. The molecule has 6 heteroatoms. The van der Waals surface area contributed by atoms with Crippen molar-refractivity contribution in [3.63, 3.8) is 0 Å². The molecule has 0 aromatic carbocycles. The molecule has 0 saturated heterocycles. The van der Waals surface area contributed by atoms with Crippen LogP contribution in [0.3, 0.4) is 0 Å². The van der Waals surface area contributed by atoms with Crippen molar-refractivity contribution in [2.45, 2.75) is 6.92 Å². The predicted octanol–water partition coefficient (Wildman–Crippen LogP) is 0.374. The molecule has 72 valence electrons. The lowest BCUT2D eigenvalue weighted by molar-refractivity contribution is 0.377. The van der Waals surface area contributed by atoms with Gasteiger partial charge >= 0.3 is 6.01 Å². The van der Waals surface area contributed by atoms with Gasteiger partial charge in [-0.3, -0.25) is 0 Å². The first-order chi connectivity index (χ1) is 6.79. The van der Waals surface area contributed by atoms with Gasteiger partial charge in [0.2, 0.25) is 0 Å². The van der Waals surface area contributed by atoms with Crippen LogP contribution >= 0.6 is 0 Å². The molecule has 0 amide bonds. The van der Waals surface area contributed by atoms with E-state index in [1.54, 1.807) is 17.1 Å². The molecule has 0 aliphatic heterocycles. The Morgan fingerprint density at radius 3 is 2.86 bits per heavy atom. The second-order valence-electron chi connectivity index (χ2n) is 2.69. The first kappa shape index (κ1) is 8.61. The summed E-state index contributed by atoms with van der Waals surface area (Å²) in [5.41, 5.74) is 0.822. The van der Waals surface area contributed by atoms with E-state index in [0.29, 0.717) is 11.8 Å². The van der Waals surface area contributed by atoms with Gasteiger partial charge in [0.15, 0.2) is 5.82 Å². The predicted molar refractivity (Wildman–Crippen MR) is 48.2 cm³/mol. The van der Waals surface area contributed by atoms with Crippen LogP contribution < -0.4 is 4.74 Å². The van der Waals surface area contributed by atoms with Crippen LogP contribution in [0, 0.1) is 6.92 Å². The molecule has 2 rings (SSSR count). The van der Waals surface area contributed by atoms with Crippen LogP contribution in [0.4, 0.5) is 0 Å². The van der Waals surface area contributed by atoms with Gasteiger partial charge in [-0.15, -0.1) is 0 Å². The Labute approximate surface area is 80.6 Å². The van der Waals surface area contributed by atoms with Gasteiger partial charge in [0.05, 0.1) is 7.11 Å². The lowest BCUT2D eigenvalue weighted by Gasteiger charge is -2.03. The van der Waals surface area contributed by atoms with E-state index in [-0.39, 0.29) is 0 Å². The number of hydrogen-bond acceptors (Lipinski definition) is 5. The summed E-state index contributed by atoms with van der Waals surface area (Å²) in [6.45, 7) is 1.87. The molecule has 0 bridgehead atoms. The number of ether oxygens (including phenoxy) is 1. The fourth-order valence-electron chi connectivity index (χ4n) is 1.06. The van der Waals surface area contributed by atoms with Crippen molar-refractivity contribution in [3.8, 4) is 11.8 Å². The van der Waals surface area contributed by atoms with Crippen LogP contribution in [0.15, 0.2) is 18.7 Å². The molecule has 0 spiro atoms. The second-order valence-corrected chi connectivity index (χ2v) is 2.69. The molecule has 6 nitrogen and oxygen atoms in total. The maximum absolute atomic E-state index is 4.95. The molecular formula is C8H9N5O. The summed E-state index contributed by atoms with van der Waals surface area (Å²) in [7, 11) is 1.53. The summed E-state index contributed by atoms with van der Waals surface area (Å²) < 4.78 is 6.50. The van der Waals surface area contributed by atoms with Crippen LogP contribution in [-0.2, 0) is 0 Å². The van der Waals surface area contributed by atoms with E-state index in [2.05, 4.69) is 20.1 Å². The monoisotopic (exact) mass is 191 g/mol. The molecular weight excluding hydrogens is 182 g/mol. The highest BCUT2D eigenvalue weighted by atomic mass is 16.5. The Bertz CT molecular complexity index is 425. The molecule has 0 atom stereocenters. The zero-order valence-electron chi connectivity index (χ0n) is 7.88. The van der Waals surface area contributed by atoms with E-state index in [1.807, 2.05) is 6.92 Å². The van der Waals surface area contributed by atoms with Crippen molar-refractivity contribution < 1.29 is 4.74 Å². The summed E-state index contributed by atoms with van der Waals surface area (Å²) >= 11 is 0. The standard InChI is InChI=1S/C8H9N5O/c1-6-3-7(12-8(11-6)14-2)13-5-9-4-10-13/h3-5H,1-2H3. The molecule has 0 aliphatic carbocycles. The van der Waals surface area contributed by atoms with Crippen molar-refractivity contribution in [1.29, 1.82) is 0 Å². The van der Waals surface area contributed by atoms with Gasteiger partial charge in [0.1, 0.15) is 12.7 Å². The van der Waals surface area contributed by atoms with Crippen LogP contribution in [0.1, 0.15) is 5.69 Å². The molecule has 0 N–H and O–H groups in total. The lowest BCUT2D eigenvalue weighted by Crippen LogP contribution is -2.02. The highest BCUT2D eigenvalue weighted by Gasteiger charge is 2.03. The van der Waals surface area contributed by atoms with E-state index in [0.717, 1.165) is 5.69 Å². The van der Waals surface area contributed by atoms with Crippen LogP contribution in [0.25, 0.3) is 5.82 Å². The zero-order chi connectivity index (χ0) is 9.97. The molecule has 2 heterocycles. The molecule has 2 aromatic rings. The lowest BCUT2D eigenvalue weighted by atomic mass is 10.4. The number of rotatable bonds is 2.